The predicted octanol–water partition coefficient (Wildman–Crippen LogP) is 2.66. The van der Waals surface area contributed by atoms with Gasteiger partial charge in [0.15, 0.2) is 5.58 Å². The molecule has 3 aliphatic rings. The van der Waals surface area contributed by atoms with Crippen LogP contribution >= 0.6 is 0 Å². The van der Waals surface area contributed by atoms with Crippen LogP contribution in [-0.2, 0) is 0 Å². The number of piperidine rings is 3. The fraction of sp³-hybridized carbons (Fsp3) is 0.474. The molecular formula is C19H19F2N3O2. The molecule has 136 valence electrons. The van der Waals surface area contributed by atoms with Crippen molar-refractivity contribution in [1.82, 2.24) is 15.2 Å². The van der Waals surface area contributed by atoms with Gasteiger partial charge in [-0.1, -0.05) is 5.92 Å². The Morgan fingerprint density at radius 2 is 2.19 bits per heavy atom. The third-order valence-electron chi connectivity index (χ3n) is 5.49. The van der Waals surface area contributed by atoms with E-state index in [1.165, 1.54) is 12.5 Å². The van der Waals surface area contributed by atoms with E-state index < -0.39 is 6.43 Å². The minimum Gasteiger partial charge on any atom is -0.461 e. The molecule has 0 aromatic carbocycles. The Balaban J connectivity index is 1.57. The number of hydrogen-bond donors (Lipinski definition) is 1. The molecule has 2 atom stereocenters. The lowest BCUT2D eigenvalue weighted by Crippen LogP contribution is -2.62. The summed E-state index contributed by atoms with van der Waals surface area (Å²) in [6.07, 6.45) is 2.20. The van der Waals surface area contributed by atoms with Gasteiger partial charge in [-0.15, -0.1) is 0 Å². The molecule has 1 amide bonds. The van der Waals surface area contributed by atoms with E-state index in [-0.39, 0.29) is 17.6 Å². The van der Waals surface area contributed by atoms with Gasteiger partial charge in [-0.05, 0) is 50.8 Å². The van der Waals surface area contributed by atoms with Crippen molar-refractivity contribution in [2.75, 3.05) is 13.1 Å². The summed E-state index contributed by atoms with van der Waals surface area (Å²) in [6.45, 7) is 4.31. The molecule has 5 heterocycles. The Morgan fingerprint density at radius 1 is 1.42 bits per heavy atom. The van der Waals surface area contributed by atoms with Gasteiger partial charge in [0.1, 0.15) is 12.0 Å². The maximum Gasteiger partial charge on any atom is 0.299 e. The number of carbonyl (C=O) groups excluding carboxylic acids is 1. The van der Waals surface area contributed by atoms with Crippen LogP contribution in [0, 0.1) is 17.8 Å². The number of nitrogens with zero attached hydrogens (tertiary/aromatic N) is 2. The van der Waals surface area contributed by atoms with Crippen LogP contribution in [0.2, 0.25) is 0 Å². The first-order chi connectivity index (χ1) is 12.5. The molecule has 3 aliphatic heterocycles. The summed E-state index contributed by atoms with van der Waals surface area (Å²) < 4.78 is 29.9. The molecule has 2 aromatic heterocycles. The van der Waals surface area contributed by atoms with E-state index in [9.17, 15) is 13.6 Å². The number of fused-ring (bicyclic) bond motifs is 4. The van der Waals surface area contributed by atoms with Gasteiger partial charge in [0.25, 0.3) is 12.3 Å². The van der Waals surface area contributed by atoms with Crippen molar-refractivity contribution >= 4 is 16.9 Å². The SMILES string of the molecule is C[C@H]1[C@H](NC(=O)c2cc3c(C#CC(F)F)coc3cn2)C2CCN1CC2. The Bertz CT molecular complexity index is 889. The van der Waals surface area contributed by atoms with E-state index in [1.807, 2.05) is 5.92 Å². The largest absolute Gasteiger partial charge is 0.461 e. The molecule has 0 saturated carbocycles. The van der Waals surface area contributed by atoms with Crippen molar-refractivity contribution in [2.24, 2.45) is 5.92 Å². The van der Waals surface area contributed by atoms with Crippen LogP contribution in [0.3, 0.4) is 0 Å². The van der Waals surface area contributed by atoms with Gasteiger partial charge in [-0.25, -0.2) is 4.98 Å². The number of furan rings is 1. The van der Waals surface area contributed by atoms with Crippen LogP contribution in [0.5, 0.6) is 0 Å². The molecule has 7 heteroatoms. The normalized spacial score (nSPS) is 27.4. The van der Waals surface area contributed by atoms with Gasteiger partial charge >= 0.3 is 0 Å². The van der Waals surface area contributed by atoms with Crippen LogP contribution < -0.4 is 5.32 Å². The first-order valence-electron chi connectivity index (χ1n) is 8.75. The van der Waals surface area contributed by atoms with Crippen LogP contribution in [0.25, 0.3) is 11.0 Å². The Hall–Kier alpha value is -2.46. The second kappa shape index (κ2) is 6.69. The third-order valence-corrected chi connectivity index (χ3v) is 5.49. The van der Waals surface area contributed by atoms with Gasteiger partial charge in [0.05, 0.1) is 11.8 Å². The fourth-order valence-electron chi connectivity index (χ4n) is 4.06. The molecule has 1 N–H and O–H groups in total. The molecule has 2 bridgehead atoms. The fourth-order valence-corrected chi connectivity index (χ4v) is 4.06. The standard InChI is InChI=1S/C19H19F2N3O2/c1-11-18(12-4-6-24(11)7-5-12)23-19(25)15-8-14-13(2-3-17(20)21)10-26-16(14)9-22-15/h8-12,17-18H,4-7H2,1H3,(H,23,25)/t11-,18-/m0/s1. The van der Waals surface area contributed by atoms with Gasteiger partial charge in [-0.2, -0.15) is 8.78 Å². The van der Waals surface area contributed by atoms with Crippen LogP contribution in [-0.4, -0.2) is 47.4 Å². The van der Waals surface area contributed by atoms with Crippen molar-refractivity contribution in [3.63, 3.8) is 0 Å². The molecule has 0 radical (unpaired) electrons. The zero-order valence-corrected chi connectivity index (χ0v) is 14.3. The molecule has 5 rings (SSSR count). The number of rotatable bonds is 2. The Morgan fingerprint density at radius 3 is 2.88 bits per heavy atom. The first-order valence-corrected chi connectivity index (χ1v) is 8.75. The summed E-state index contributed by atoms with van der Waals surface area (Å²) in [5.41, 5.74) is 0.979. The molecule has 26 heavy (non-hydrogen) atoms. The highest BCUT2D eigenvalue weighted by atomic mass is 19.3. The van der Waals surface area contributed by atoms with Crippen molar-refractivity contribution in [2.45, 2.75) is 38.3 Å². The lowest BCUT2D eigenvalue weighted by atomic mass is 9.79. The van der Waals surface area contributed by atoms with Crippen molar-refractivity contribution in [3.8, 4) is 11.8 Å². The van der Waals surface area contributed by atoms with Crippen molar-refractivity contribution < 1.29 is 18.0 Å². The van der Waals surface area contributed by atoms with Crippen LogP contribution in [0.15, 0.2) is 22.9 Å². The van der Waals surface area contributed by atoms with Gasteiger partial charge in [0.2, 0.25) is 0 Å². The Labute approximate surface area is 149 Å². The number of pyridine rings is 1. The average molecular weight is 359 g/mol. The smallest absolute Gasteiger partial charge is 0.299 e. The number of carbonyl (C=O) groups is 1. The molecular weight excluding hydrogens is 340 g/mol. The number of halogens is 2. The number of aromatic nitrogens is 1. The van der Waals surface area contributed by atoms with E-state index in [1.54, 1.807) is 6.07 Å². The zero-order chi connectivity index (χ0) is 18.3. The summed E-state index contributed by atoms with van der Waals surface area (Å²) >= 11 is 0. The monoisotopic (exact) mass is 359 g/mol. The maximum absolute atomic E-state index is 12.7. The van der Waals surface area contributed by atoms with Gasteiger partial charge in [-0.3, -0.25) is 9.69 Å². The highest BCUT2D eigenvalue weighted by Gasteiger charge is 2.40. The zero-order valence-electron chi connectivity index (χ0n) is 14.3. The molecule has 2 aromatic rings. The predicted molar refractivity (Wildman–Crippen MR) is 91.9 cm³/mol. The van der Waals surface area contributed by atoms with Crippen molar-refractivity contribution in [3.05, 3.63) is 29.8 Å². The quantitative estimate of drug-likeness (QED) is 0.838. The topological polar surface area (TPSA) is 58.4 Å². The number of amides is 1. The molecule has 0 unspecified atom stereocenters. The molecule has 5 nitrogen and oxygen atoms in total. The number of hydrogen-bond acceptors (Lipinski definition) is 4. The summed E-state index contributed by atoms with van der Waals surface area (Å²) in [7, 11) is 0. The first kappa shape index (κ1) is 17.0. The second-order valence-electron chi connectivity index (χ2n) is 6.90. The van der Waals surface area contributed by atoms with E-state index in [0.717, 1.165) is 25.9 Å². The summed E-state index contributed by atoms with van der Waals surface area (Å²) in [5.74, 6) is 4.42. The van der Waals surface area contributed by atoms with Crippen LogP contribution in [0.4, 0.5) is 8.78 Å². The Kier molecular flexibility index (Phi) is 4.37. The molecule has 0 aliphatic carbocycles. The van der Waals surface area contributed by atoms with Gasteiger partial charge in [0, 0.05) is 17.5 Å². The molecule has 3 saturated heterocycles. The highest BCUT2D eigenvalue weighted by molar-refractivity contribution is 5.97. The number of nitrogens with one attached hydrogen (secondary N) is 1. The average Bonchev–Trinajstić information content (AvgIpc) is 3.05. The minimum atomic E-state index is -2.72. The van der Waals surface area contributed by atoms with E-state index in [0.29, 0.717) is 28.5 Å². The van der Waals surface area contributed by atoms with Crippen LogP contribution in [0.1, 0.15) is 35.8 Å². The lowest BCUT2D eigenvalue weighted by molar-refractivity contribution is 0.0216. The molecule has 3 fully saturated rings. The second-order valence-corrected chi connectivity index (χ2v) is 6.90. The van der Waals surface area contributed by atoms with E-state index in [2.05, 4.69) is 28.0 Å². The number of alkyl halides is 2. The van der Waals surface area contributed by atoms with Crippen molar-refractivity contribution in [1.29, 1.82) is 0 Å². The highest BCUT2D eigenvalue weighted by Crippen LogP contribution is 2.32. The molecule has 0 spiro atoms. The lowest BCUT2D eigenvalue weighted by Gasteiger charge is -2.49. The summed E-state index contributed by atoms with van der Waals surface area (Å²) in [6, 6.07) is 1.96. The maximum atomic E-state index is 12.7. The van der Waals surface area contributed by atoms with E-state index in [4.69, 9.17) is 4.42 Å². The van der Waals surface area contributed by atoms with E-state index >= 15 is 0 Å². The minimum absolute atomic E-state index is 0.102. The third kappa shape index (κ3) is 3.06. The summed E-state index contributed by atoms with van der Waals surface area (Å²) in [5, 5.41) is 3.63. The summed E-state index contributed by atoms with van der Waals surface area (Å²) in [4.78, 5) is 19.2. The van der Waals surface area contributed by atoms with Gasteiger partial charge < -0.3 is 9.73 Å².